The molecule has 1 aromatic rings. The van der Waals surface area contributed by atoms with Crippen molar-refractivity contribution in [1.29, 1.82) is 0 Å². The third-order valence-electron chi connectivity index (χ3n) is 1.68. The molecule has 1 aromatic heterocycles. The summed E-state index contributed by atoms with van der Waals surface area (Å²) in [5.41, 5.74) is 0. The van der Waals surface area contributed by atoms with Gasteiger partial charge in [0.15, 0.2) is 0 Å². The Kier molecular flexibility index (Phi) is 3.82. The van der Waals surface area contributed by atoms with E-state index in [9.17, 15) is 4.21 Å². The molecule has 2 unspecified atom stereocenters. The number of anilines is 1. The molecule has 1 N–H and O–H groups in total. The van der Waals surface area contributed by atoms with Gasteiger partial charge in [-0.2, -0.15) is 0 Å². The molecule has 0 saturated heterocycles. The maximum Gasteiger partial charge on any atom is 0.222 e. The molecule has 4 nitrogen and oxygen atoms in total. The summed E-state index contributed by atoms with van der Waals surface area (Å²) < 4.78 is 11.0. The quantitative estimate of drug-likeness (QED) is 0.773. The van der Waals surface area contributed by atoms with E-state index in [4.69, 9.17) is 0 Å². The van der Waals surface area contributed by atoms with E-state index in [0.29, 0.717) is 12.5 Å². The second-order valence-corrected chi connectivity index (χ2v) is 4.56. The third kappa shape index (κ3) is 3.50. The van der Waals surface area contributed by atoms with Gasteiger partial charge in [0.1, 0.15) is 0 Å². The highest BCUT2D eigenvalue weighted by molar-refractivity contribution is 7.84. The summed E-state index contributed by atoms with van der Waals surface area (Å²) >= 11 is 0. The summed E-state index contributed by atoms with van der Waals surface area (Å²) in [6.07, 6.45) is 5.03. The number of nitrogens with zero attached hydrogens (tertiary/aromatic N) is 2. The minimum Gasteiger partial charge on any atom is -0.353 e. The molecule has 2 atom stereocenters. The largest absolute Gasteiger partial charge is 0.353 e. The Morgan fingerprint density at radius 1 is 1.54 bits per heavy atom. The van der Waals surface area contributed by atoms with Crippen LogP contribution in [0, 0.1) is 0 Å². The smallest absolute Gasteiger partial charge is 0.222 e. The van der Waals surface area contributed by atoms with Gasteiger partial charge >= 0.3 is 0 Å². The van der Waals surface area contributed by atoms with E-state index < -0.39 is 10.8 Å². The number of aromatic nitrogens is 2. The van der Waals surface area contributed by atoms with Gasteiger partial charge in [0, 0.05) is 41.2 Å². The predicted octanol–water partition coefficient (Wildman–Crippen LogP) is 0.655. The molecule has 0 saturated carbocycles. The Morgan fingerprint density at radius 3 is 2.69 bits per heavy atom. The Bertz CT molecular complexity index is 278. The lowest BCUT2D eigenvalue weighted by molar-refractivity contribution is 0.678. The predicted molar refractivity (Wildman–Crippen MR) is 54.1 cm³/mol. The molecular formula is C8H13N3OS. The lowest BCUT2D eigenvalue weighted by Crippen LogP contribution is -2.21. The molecule has 72 valence electrons. The van der Waals surface area contributed by atoms with E-state index in [2.05, 4.69) is 15.3 Å². The monoisotopic (exact) mass is 199 g/mol. The van der Waals surface area contributed by atoms with E-state index in [-0.39, 0.29) is 5.25 Å². The van der Waals surface area contributed by atoms with Crippen molar-refractivity contribution in [3.8, 4) is 0 Å². The van der Waals surface area contributed by atoms with Gasteiger partial charge in [-0.15, -0.1) is 0 Å². The molecule has 0 fully saturated rings. The summed E-state index contributed by atoms with van der Waals surface area (Å²) in [6, 6.07) is 1.76. The second-order valence-electron chi connectivity index (χ2n) is 2.76. The fourth-order valence-electron chi connectivity index (χ4n) is 0.743. The summed E-state index contributed by atoms with van der Waals surface area (Å²) in [4.78, 5) is 7.98. The van der Waals surface area contributed by atoms with Gasteiger partial charge in [-0.1, -0.05) is 0 Å². The van der Waals surface area contributed by atoms with Crippen molar-refractivity contribution in [2.24, 2.45) is 0 Å². The number of rotatable bonds is 4. The van der Waals surface area contributed by atoms with Crippen LogP contribution in [-0.2, 0) is 10.8 Å². The first kappa shape index (κ1) is 10.1. The van der Waals surface area contributed by atoms with Crippen molar-refractivity contribution in [3.63, 3.8) is 0 Å². The van der Waals surface area contributed by atoms with Crippen LogP contribution in [-0.4, -0.2) is 32.2 Å². The second kappa shape index (κ2) is 4.91. The van der Waals surface area contributed by atoms with E-state index in [1.807, 2.05) is 6.92 Å². The molecule has 0 amide bonds. The van der Waals surface area contributed by atoms with Crippen LogP contribution in [0.25, 0.3) is 0 Å². The van der Waals surface area contributed by atoms with E-state index in [0.717, 1.165) is 0 Å². The SMILES string of the molecule is CC(CNc1ncccn1)S(C)=O. The van der Waals surface area contributed by atoms with Crippen LogP contribution in [0.15, 0.2) is 18.5 Å². The first-order valence-electron chi connectivity index (χ1n) is 4.03. The van der Waals surface area contributed by atoms with Crippen LogP contribution in [0.5, 0.6) is 0 Å². The Morgan fingerprint density at radius 2 is 2.15 bits per heavy atom. The standard InChI is InChI=1S/C8H13N3OS/c1-7(13(2)12)6-11-8-9-4-3-5-10-8/h3-5,7H,6H2,1-2H3,(H,9,10,11). The zero-order chi connectivity index (χ0) is 9.68. The van der Waals surface area contributed by atoms with Gasteiger partial charge in [0.25, 0.3) is 0 Å². The molecule has 0 aliphatic carbocycles. The molecule has 5 heteroatoms. The molecule has 1 rings (SSSR count). The van der Waals surface area contributed by atoms with Crippen LogP contribution in [0.3, 0.4) is 0 Å². The van der Waals surface area contributed by atoms with Gasteiger partial charge in [-0.25, -0.2) is 9.97 Å². The summed E-state index contributed by atoms with van der Waals surface area (Å²) in [5.74, 6) is 0.583. The molecule has 0 radical (unpaired) electrons. The van der Waals surface area contributed by atoms with E-state index in [1.54, 1.807) is 24.7 Å². The lowest BCUT2D eigenvalue weighted by Gasteiger charge is -2.08. The van der Waals surface area contributed by atoms with Crippen molar-refractivity contribution >= 4 is 16.7 Å². The van der Waals surface area contributed by atoms with Crippen LogP contribution >= 0.6 is 0 Å². The maximum atomic E-state index is 11.0. The Labute approximate surface area is 80.3 Å². The molecular weight excluding hydrogens is 186 g/mol. The molecule has 0 aliphatic heterocycles. The number of nitrogens with one attached hydrogen (secondary N) is 1. The van der Waals surface area contributed by atoms with Crippen LogP contribution in [0.2, 0.25) is 0 Å². The van der Waals surface area contributed by atoms with Crippen LogP contribution < -0.4 is 5.32 Å². The Hall–Kier alpha value is -0.970. The van der Waals surface area contributed by atoms with Gasteiger partial charge in [-0.05, 0) is 13.0 Å². The molecule has 0 spiro atoms. The van der Waals surface area contributed by atoms with Crippen molar-refractivity contribution in [1.82, 2.24) is 9.97 Å². The molecule has 0 bridgehead atoms. The van der Waals surface area contributed by atoms with Crippen molar-refractivity contribution in [3.05, 3.63) is 18.5 Å². The van der Waals surface area contributed by atoms with Crippen molar-refractivity contribution in [2.45, 2.75) is 12.2 Å². The van der Waals surface area contributed by atoms with Crippen molar-refractivity contribution < 1.29 is 4.21 Å². The summed E-state index contributed by atoms with van der Waals surface area (Å²) in [7, 11) is -0.802. The zero-order valence-electron chi connectivity index (χ0n) is 7.73. The molecule has 0 aromatic carbocycles. The average Bonchev–Trinajstić information content (AvgIpc) is 2.15. The zero-order valence-corrected chi connectivity index (χ0v) is 8.54. The fourth-order valence-corrected chi connectivity index (χ4v) is 1.06. The van der Waals surface area contributed by atoms with Gasteiger partial charge in [-0.3, -0.25) is 4.21 Å². The van der Waals surface area contributed by atoms with Crippen LogP contribution in [0.4, 0.5) is 5.95 Å². The highest BCUT2D eigenvalue weighted by atomic mass is 32.2. The van der Waals surface area contributed by atoms with Crippen molar-refractivity contribution in [2.75, 3.05) is 18.1 Å². The molecule has 13 heavy (non-hydrogen) atoms. The fraction of sp³-hybridized carbons (Fsp3) is 0.500. The minimum absolute atomic E-state index is 0.115. The molecule has 1 heterocycles. The third-order valence-corrected chi connectivity index (χ3v) is 2.98. The summed E-state index contributed by atoms with van der Waals surface area (Å²) in [6.45, 7) is 2.55. The number of hydrogen-bond donors (Lipinski definition) is 1. The molecule has 0 aliphatic rings. The maximum absolute atomic E-state index is 11.0. The normalized spacial score (nSPS) is 14.9. The lowest BCUT2D eigenvalue weighted by atomic mass is 10.5. The van der Waals surface area contributed by atoms with Gasteiger partial charge in [0.2, 0.25) is 5.95 Å². The Balaban J connectivity index is 2.39. The van der Waals surface area contributed by atoms with E-state index in [1.165, 1.54) is 0 Å². The van der Waals surface area contributed by atoms with E-state index >= 15 is 0 Å². The first-order valence-corrected chi connectivity index (χ1v) is 5.65. The number of hydrogen-bond acceptors (Lipinski definition) is 4. The summed E-state index contributed by atoms with van der Waals surface area (Å²) in [5, 5.41) is 3.13. The topological polar surface area (TPSA) is 54.9 Å². The highest BCUT2D eigenvalue weighted by Crippen LogP contribution is 1.97. The van der Waals surface area contributed by atoms with Gasteiger partial charge < -0.3 is 5.32 Å². The minimum atomic E-state index is -0.802. The highest BCUT2D eigenvalue weighted by Gasteiger charge is 2.05. The van der Waals surface area contributed by atoms with Gasteiger partial charge in [0.05, 0.1) is 0 Å². The average molecular weight is 199 g/mol. The van der Waals surface area contributed by atoms with Crippen LogP contribution in [0.1, 0.15) is 6.92 Å². The first-order chi connectivity index (χ1) is 6.20.